The van der Waals surface area contributed by atoms with Gasteiger partial charge in [-0.2, -0.15) is 13.2 Å². The highest BCUT2D eigenvalue weighted by Gasteiger charge is 2.31. The Morgan fingerprint density at radius 2 is 1.85 bits per heavy atom. The normalized spacial score (nSPS) is 14.6. The molecule has 5 nitrogen and oxygen atoms in total. The van der Waals surface area contributed by atoms with Crippen LogP contribution in [0.2, 0.25) is 0 Å². The minimum atomic E-state index is -4.53. The average molecular weight is 403 g/mol. The molecule has 1 heterocycles. The largest absolute Gasteiger partial charge is 0.489 e. The van der Waals surface area contributed by atoms with Crippen LogP contribution in [0.5, 0.6) is 5.75 Å². The maximum absolute atomic E-state index is 12.7. The smallest absolute Gasteiger partial charge is 0.417 e. The number of alkyl halides is 3. The molecule has 1 unspecified atom stereocenters. The quantitative estimate of drug-likeness (QED) is 0.796. The summed E-state index contributed by atoms with van der Waals surface area (Å²) >= 11 is 0. The van der Waals surface area contributed by atoms with Crippen LogP contribution in [-0.4, -0.2) is 37.0 Å². The Bertz CT molecular complexity index is 907. The van der Waals surface area contributed by atoms with E-state index >= 15 is 0 Å². The van der Waals surface area contributed by atoms with Gasteiger partial charge in [-0.15, -0.1) is 0 Å². The zero-order valence-corrected chi connectivity index (χ0v) is 15.9. The Morgan fingerprint density at radius 3 is 2.33 bits per heavy atom. The van der Waals surface area contributed by atoms with Crippen LogP contribution in [0.25, 0.3) is 11.3 Å². The summed E-state index contributed by atoms with van der Waals surface area (Å²) < 4.78 is 68.0. The zero-order valence-electron chi connectivity index (χ0n) is 15.0. The zero-order chi connectivity index (χ0) is 20.5. The van der Waals surface area contributed by atoms with Crippen LogP contribution in [0.4, 0.5) is 13.2 Å². The van der Waals surface area contributed by atoms with E-state index < -0.39 is 27.2 Å². The highest BCUT2D eigenvalue weighted by Crippen LogP contribution is 2.37. The van der Waals surface area contributed by atoms with E-state index in [2.05, 4.69) is 4.98 Å². The molecule has 0 radical (unpaired) electrons. The number of para-hydroxylation sites is 1. The molecule has 0 fully saturated rings. The molecule has 0 aliphatic heterocycles. The summed E-state index contributed by atoms with van der Waals surface area (Å²) in [6.45, 7) is 3.08. The number of ether oxygens (including phenoxy) is 1. The fraction of sp³-hybridized carbons (Fsp3) is 0.389. The van der Waals surface area contributed by atoms with Crippen LogP contribution in [0.1, 0.15) is 25.8 Å². The van der Waals surface area contributed by atoms with Crippen LogP contribution in [-0.2, 0) is 16.0 Å². The Labute approximate surface area is 155 Å². The summed E-state index contributed by atoms with van der Waals surface area (Å²) in [5, 5.41) is 10.2. The van der Waals surface area contributed by atoms with Crippen molar-refractivity contribution in [2.75, 3.05) is 12.9 Å². The van der Waals surface area contributed by atoms with Gasteiger partial charge in [0.25, 0.3) is 0 Å². The van der Waals surface area contributed by atoms with Gasteiger partial charge in [-0.3, -0.25) is 4.98 Å². The fourth-order valence-electron chi connectivity index (χ4n) is 2.21. The Hall–Kier alpha value is -2.13. The van der Waals surface area contributed by atoms with E-state index in [1.807, 2.05) is 0 Å². The number of hydrogen-bond acceptors (Lipinski definition) is 5. The van der Waals surface area contributed by atoms with E-state index in [9.17, 15) is 26.7 Å². The molecule has 0 spiro atoms. The predicted octanol–water partition coefficient (Wildman–Crippen LogP) is 3.71. The lowest BCUT2D eigenvalue weighted by molar-refractivity contribution is -0.137. The van der Waals surface area contributed by atoms with E-state index in [1.165, 1.54) is 25.1 Å². The number of nitrogens with zero attached hydrogens (tertiary/aromatic N) is 1. The molecule has 1 atom stereocenters. The van der Waals surface area contributed by atoms with Crippen LogP contribution in [0.3, 0.4) is 0 Å². The molecule has 0 aliphatic rings. The summed E-state index contributed by atoms with van der Waals surface area (Å²) in [6, 6.07) is 6.30. The topological polar surface area (TPSA) is 76.5 Å². The molecule has 1 N–H and O–H groups in total. The minimum Gasteiger partial charge on any atom is -0.489 e. The van der Waals surface area contributed by atoms with E-state index in [4.69, 9.17) is 4.74 Å². The number of halogens is 3. The molecule has 0 saturated carbocycles. The second-order valence-corrected chi connectivity index (χ2v) is 8.46. The molecule has 2 aromatic rings. The number of sulfone groups is 1. The first-order chi connectivity index (χ1) is 12.3. The Balaban J connectivity index is 2.55. The van der Waals surface area contributed by atoms with Crippen molar-refractivity contribution in [3.05, 3.63) is 42.1 Å². The standard InChI is InChI=1S/C18H20F3NO4S/c1-4-17(2,23)11-26-16-13(6-5-7-15(16)27(3,24)25)14-9-8-12(10-22-14)18(19,20)21/h5-10,23H,4,11H2,1-3H3. The molecular weight excluding hydrogens is 383 g/mol. The van der Waals surface area contributed by atoms with E-state index in [-0.39, 0.29) is 28.5 Å². The fourth-order valence-corrected chi connectivity index (χ4v) is 3.04. The van der Waals surface area contributed by atoms with Crippen molar-refractivity contribution in [3.63, 3.8) is 0 Å². The maximum atomic E-state index is 12.7. The van der Waals surface area contributed by atoms with Crippen molar-refractivity contribution < 1.29 is 31.4 Å². The molecule has 1 aromatic carbocycles. The Kier molecular flexibility index (Phi) is 5.86. The van der Waals surface area contributed by atoms with Gasteiger partial charge in [0.2, 0.25) is 0 Å². The number of pyridine rings is 1. The van der Waals surface area contributed by atoms with Crippen molar-refractivity contribution in [1.82, 2.24) is 4.98 Å². The average Bonchev–Trinajstić information content (AvgIpc) is 2.58. The molecule has 148 valence electrons. The summed E-state index contributed by atoms with van der Waals surface area (Å²) in [4.78, 5) is 3.68. The maximum Gasteiger partial charge on any atom is 0.417 e. The third-order valence-electron chi connectivity index (χ3n) is 4.03. The van der Waals surface area contributed by atoms with E-state index in [0.717, 1.165) is 18.4 Å². The lowest BCUT2D eigenvalue weighted by atomic mass is 10.1. The van der Waals surface area contributed by atoms with Crippen LogP contribution in [0.15, 0.2) is 41.4 Å². The lowest BCUT2D eigenvalue weighted by Gasteiger charge is -2.23. The van der Waals surface area contributed by atoms with Gasteiger partial charge in [-0.05, 0) is 37.6 Å². The number of hydrogen-bond donors (Lipinski definition) is 1. The highest BCUT2D eigenvalue weighted by molar-refractivity contribution is 7.90. The van der Waals surface area contributed by atoms with Gasteiger partial charge in [0.15, 0.2) is 9.84 Å². The molecule has 0 aliphatic carbocycles. The Morgan fingerprint density at radius 1 is 1.19 bits per heavy atom. The van der Waals surface area contributed by atoms with Crippen molar-refractivity contribution in [2.45, 2.75) is 36.9 Å². The molecule has 0 amide bonds. The first-order valence-electron chi connectivity index (χ1n) is 8.07. The SMILES string of the molecule is CCC(C)(O)COc1c(-c2ccc(C(F)(F)F)cn2)cccc1S(C)(=O)=O. The van der Waals surface area contributed by atoms with Crippen LogP contribution in [0, 0.1) is 0 Å². The van der Waals surface area contributed by atoms with Gasteiger partial charge in [0.1, 0.15) is 17.3 Å². The predicted molar refractivity (Wildman–Crippen MR) is 94.2 cm³/mol. The van der Waals surface area contributed by atoms with Gasteiger partial charge < -0.3 is 9.84 Å². The number of aliphatic hydroxyl groups is 1. The second-order valence-electron chi connectivity index (χ2n) is 6.47. The summed E-state index contributed by atoms with van der Waals surface area (Å²) in [6.07, 6.45) is -2.49. The van der Waals surface area contributed by atoms with Crippen molar-refractivity contribution in [3.8, 4) is 17.0 Å². The van der Waals surface area contributed by atoms with E-state index in [1.54, 1.807) is 6.92 Å². The minimum absolute atomic E-state index is 0.0546. The van der Waals surface area contributed by atoms with Gasteiger partial charge in [-0.1, -0.05) is 13.0 Å². The van der Waals surface area contributed by atoms with Crippen molar-refractivity contribution in [1.29, 1.82) is 0 Å². The first-order valence-corrected chi connectivity index (χ1v) is 9.96. The molecule has 27 heavy (non-hydrogen) atoms. The van der Waals surface area contributed by atoms with Crippen LogP contribution < -0.4 is 4.74 Å². The lowest BCUT2D eigenvalue weighted by Crippen LogP contribution is -2.31. The molecule has 9 heteroatoms. The molecular formula is C18H20F3NO4S. The monoisotopic (exact) mass is 403 g/mol. The third kappa shape index (κ3) is 5.20. The van der Waals surface area contributed by atoms with E-state index in [0.29, 0.717) is 12.6 Å². The van der Waals surface area contributed by atoms with Gasteiger partial charge >= 0.3 is 6.18 Å². The molecule has 1 aromatic heterocycles. The van der Waals surface area contributed by atoms with Gasteiger partial charge in [0.05, 0.1) is 16.9 Å². The van der Waals surface area contributed by atoms with Gasteiger partial charge in [-0.25, -0.2) is 8.42 Å². The number of benzene rings is 1. The summed E-state index contributed by atoms with van der Waals surface area (Å²) in [7, 11) is -3.68. The second kappa shape index (κ2) is 7.47. The molecule has 0 bridgehead atoms. The van der Waals surface area contributed by atoms with Gasteiger partial charge in [0, 0.05) is 18.0 Å². The molecule has 2 rings (SSSR count). The molecule has 0 saturated heterocycles. The van der Waals surface area contributed by atoms with Crippen LogP contribution >= 0.6 is 0 Å². The highest BCUT2D eigenvalue weighted by atomic mass is 32.2. The summed E-state index contributed by atoms with van der Waals surface area (Å²) in [5.41, 5.74) is -1.77. The van der Waals surface area contributed by atoms with Crippen molar-refractivity contribution >= 4 is 9.84 Å². The van der Waals surface area contributed by atoms with Crippen molar-refractivity contribution in [2.24, 2.45) is 0 Å². The number of aromatic nitrogens is 1. The number of rotatable bonds is 6. The third-order valence-corrected chi connectivity index (χ3v) is 5.15. The summed E-state index contributed by atoms with van der Waals surface area (Å²) in [5.74, 6) is -0.0546. The first kappa shape index (κ1) is 21.2.